The van der Waals surface area contributed by atoms with Gasteiger partial charge in [0.1, 0.15) is 0 Å². The number of fused-ring (bicyclic) bond motifs is 1. The van der Waals surface area contributed by atoms with Crippen LogP contribution < -0.4 is 0 Å². The molecule has 0 aliphatic heterocycles. The number of para-hydroxylation sites is 1. The summed E-state index contributed by atoms with van der Waals surface area (Å²) >= 11 is 6.29. The second kappa shape index (κ2) is 4.79. The van der Waals surface area contributed by atoms with Crippen molar-refractivity contribution in [3.8, 4) is 0 Å². The first-order chi connectivity index (χ1) is 8.83. The number of rotatable bonds is 2. The summed E-state index contributed by atoms with van der Waals surface area (Å²) in [5.74, 6) is 0. The molecular formula is C16H12ClN. The topological polar surface area (TPSA) is 12.9 Å². The first kappa shape index (κ1) is 11.2. The van der Waals surface area contributed by atoms with Crippen molar-refractivity contribution in [2.24, 2.45) is 0 Å². The van der Waals surface area contributed by atoms with Gasteiger partial charge in [0.15, 0.2) is 0 Å². The number of benzene rings is 2. The van der Waals surface area contributed by atoms with Gasteiger partial charge in [-0.3, -0.25) is 4.98 Å². The molecule has 0 saturated heterocycles. The standard InChI is InChI=1S/C16H12ClN/c17-14-11-13-8-4-5-9-15(13)18-16(14)10-12-6-2-1-3-7-12/h1-9,11H,10H2. The van der Waals surface area contributed by atoms with E-state index in [9.17, 15) is 0 Å². The van der Waals surface area contributed by atoms with Gasteiger partial charge in [-0.2, -0.15) is 0 Å². The van der Waals surface area contributed by atoms with E-state index in [1.54, 1.807) is 0 Å². The van der Waals surface area contributed by atoms with Crippen molar-refractivity contribution in [3.63, 3.8) is 0 Å². The van der Waals surface area contributed by atoms with E-state index in [1.165, 1.54) is 5.56 Å². The summed E-state index contributed by atoms with van der Waals surface area (Å²) in [5.41, 5.74) is 3.15. The largest absolute Gasteiger partial charge is 0.251 e. The Bertz CT molecular complexity index is 677. The second-order valence-corrected chi connectivity index (χ2v) is 4.68. The Morgan fingerprint density at radius 2 is 1.61 bits per heavy atom. The normalized spacial score (nSPS) is 10.7. The molecule has 0 unspecified atom stereocenters. The average Bonchev–Trinajstić information content (AvgIpc) is 2.41. The fraction of sp³-hybridized carbons (Fsp3) is 0.0625. The molecule has 0 saturated carbocycles. The van der Waals surface area contributed by atoms with Crippen molar-refractivity contribution in [2.45, 2.75) is 6.42 Å². The van der Waals surface area contributed by atoms with Crippen LogP contribution in [0.4, 0.5) is 0 Å². The Balaban J connectivity index is 2.04. The molecule has 1 heterocycles. The summed E-state index contributed by atoms with van der Waals surface area (Å²) in [6, 6.07) is 20.3. The number of aromatic nitrogens is 1. The monoisotopic (exact) mass is 253 g/mol. The zero-order chi connectivity index (χ0) is 12.4. The molecule has 2 aromatic carbocycles. The Kier molecular flexibility index (Phi) is 2.99. The minimum atomic E-state index is 0.734. The van der Waals surface area contributed by atoms with Gasteiger partial charge in [-0.15, -0.1) is 0 Å². The van der Waals surface area contributed by atoms with Crippen LogP contribution in [0, 0.1) is 0 Å². The Hall–Kier alpha value is -1.86. The minimum Gasteiger partial charge on any atom is -0.251 e. The molecule has 0 bridgehead atoms. The molecule has 2 heteroatoms. The van der Waals surface area contributed by atoms with Crippen LogP contribution in [0.25, 0.3) is 10.9 Å². The van der Waals surface area contributed by atoms with Crippen molar-refractivity contribution in [2.75, 3.05) is 0 Å². The summed E-state index contributed by atoms with van der Waals surface area (Å²) in [5, 5.41) is 1.82. The zero-order valence-electron chi connectivity index (χ0n) is 9.81. The molecule has 0 radical (unpaired) electrons. The smallest absolute Gasteiger partial charge is 0.0706 e. The lowest BCUT2D eigenvalue weighted by atomic mass is 10.1. The second-order valence-electron chi connectivity index (χ2n) is 4.27. The molecule has 1 aromatic heterocycles. The molecule has 0 aliphatic carbocycles. The van der Waals surface area contributed by atoms with Gasteiger partial charge in [-0.25, -0.2) is 0 Å². The van der Waals surface area contributed by atoms with Gasteiger partial charge in [0.05, 0.1) is 16.2 Å². The van der Waals surface area contributed by atoms with Crippen LogP contribution in [0.15, 0.2) is 60.7 Å². The summed E-state index contributed by atoms with van der Waals surface area (Å²) in [6.07, 6.45) is 0.768. The van der Waals surface area contributed by atoms with E-state index < -0.39 is 0 Å². The molecule has 0 spiro atoms. The highest BCUT2D eigenvalue weighted by molar-refractivity contribution is 6.31. The molecule has 88 valence electrons. The van der Waals surface area contributed by atoms with Crippen molar-refractivity contribution in [3.05, 3.63) is 76.9 Å². The SMILES string of the molecule is Clc1cc2ccccc2nc1Cc1ccccc1. The molecule has 0 N–H and O–H groups in total. The molecule has 18 heavy (non-hydrogen) atoms. The maximum absolute atomic E-state index is 6.29. The lowest BCUT2D eigenvalue weighted by Gasteiger charge is -2.06. The maximum atomic E-state index is 6.29. The third-order valence-electron chi connectivity index (χ3n) is 2.96. The van der Waals surface area contributed by atoms with Crippen LogP contribution in [0.1, 0.15) is 11.3 Å². The lowest BCUT2D eigenvalue weighted by molar-refractivity contribution is 1.10. The summed E-state index contributed by atoms with van der Waals surface area (Å²) in [6.45, 7) is 0. The summed E-state index contributed by atoms with van der Waals surface area (Å²) < 4.78 is 0. The molecule has 0 fully saturated rings. The van der Waals surface area contributed by atoms with E-state index in [-0.39, 0.29) is 0 Å². The zero-order valence-corrected chi connectivity index (χ0v) is 10.6. The fourth-order valence-corrected chi connectivity index (χ4v) is 2.27. The molecule has 3 aromatic rings. The average molecular weight is 254 g/mol. The van der Waals surface area contributed by atoms with Crippen molar-refractivity contribution in [1.82, 2.24) is 4.98 Å². The fourth-order valence-electron chi connectivity index (χ4n) is 2.04. The van der Waals surface area contributed by atoms with E-state index in [4.69, 9.17) is 11.6 Å². The Morgan fingerprint density at radius 1 is 0.889 bits per heavy atom. The number of pyridine rings is 1. The van der Waals surface area contributed by atoms with Crippen LogP contribution in [0.2, 0.25) is 5.02 Å². The number of hydrogen-bond acceptors (Lipinski definition) is 1. The van der Waals surface area contributed by atoms with Gasteiger partial charge >= 0.3 is 0 Å². The van der Waals surface area contributed by atoms with Gasteiger partial charge in [0.25, 0.3) is 0 Å². The maximum Gasteiger partial charge on any atom is 0.0706 e. The van der Waals surface area contributed by atoms with Gasteiger partial charge in [-0.05, 0) is 17.7 Å². The summed E-state index contributed by atoms with van der Waals surface area (Å²) in [7, 11) is 0. The predicted molar refractivity (Wildman–Crippen MR) is 76.0 cm³/mol. The van der Waals surface area contributed by atoms with Gasteiger partial charge in [0, 0.05) is 11.8 Å². The van der Waals surface area contributed by atoms with Gasteiger partial charge in [-0.1, -0.05) is 60.1 Å². The van der Waals surface area contributed by atoms with E-state index in [0.29, 0.717) is 0 Å². The van der Waals surface area contributed by atoms with E-state index >= 15 is 0 Å². The molecular weight excluding hydrogens is 242 g/mol. The molecule has 0 aliphatic rings. The molecule has 1 nitrogen and oxygen atoms in total. The lowest BCUT2D eigenvalue weighted by Crippen LogP contribution is -1.94. The molecule has 3 rings (SSSR count). The summed E-state index contributed by atoms with van der Waals surface area (Å²) in [4.78, 5) is 4.64. The van der Waals surface area contributed by atoms with Crippen LogP contribution in [-0.4, -0.2) is 4.98 Å². The van der Waals surface area contributed by atoms with E-state index in [2.05, 4.69) is 17.1 Å². The highest BCUT2D eigenvalue weighted by atomic mass is 35.5. The third kappa shape index (κ3) is 2.22. The first-order valence-electron chi connectivity index (χ1n) is 5.91. The van der Waals surface area contributed by atoms with Crippen molar-refractivity contribution >= 4 is 22.5 Å². The highest BCUT2D eigenvalue weighted by Gasteiger charge is 2.05. The van der Waals surface area contributed by atoms with Crippen LogP contribution in [0.5, 0.6) is 0 Å². The predicted octanol–water partition coefficient (Wildman–Crippen LogP) is 4.48. The molecule has 0 atom stereocenters. The minimum absolute atomic E-state index is 0.734. The van der Waals surface area contributed by atoms with Gasteiger partial charge < -0.3 is 0 Å². The Labute approximate surface area is 111 Å². The first-order valence-corrected chi connectivity index (χ1v) is 6.29. The quantitative estimate of drug-likeness (QED) is 0.656. The third-order valence-corrected chi connectivity index (χ3v) is 3.29. The van der Waals surface area contributed by atoms with Crippen molar-refractivity contribution < 1.29 is 0 Å². The highest BCUT2D eigenvalue weighted by Crippen LogP contribution is 2.22. The van der Waals surface area contributed by atoms with Crippen LogP contribution in [0.3, 0.4) is 0 Å². The number of halogens is 1. The van der Waals surface area contributed by atoms with E-state index in [1.807, 2.05) is 48.5 Å². The number of hydrogen-bond donors (Lipinski definition) is 0. The van der Waals surface area contributed by atoms with Crippen LogP contribution >= 0.6 is 11.6 Å². The van der Waals surface area contributed by atoms with Crippen molar-refractivity contribution in [1.29, 1.82) is 0 Å². The van der Waals surface area contributed by atoms with Crippen LogP contribution in [-0.2, 0) is 6.42 Å². The number of nitrogens with zero attached hydrogens (tertiary/aromatic N) is 1. The molecule has 0 amide bonds. The Morgan fingerprint density at radius 3 is 2.44 bits per heavy atom. The van der Waals surface area contributed by atoms with Gasteiger partial charge in [0.2, 0.25) is 0 Å². The van der Waals surface area contributed by atoms with E-state index in [0.717, 1.165) is 28.0 Å².